The molecule has 1 saturated heterocycles. The fraction of sp³-hybridized carbons (Fsp3) is 0.310. The second-order valence-corrected chi connectivity index (χ2v) is 9.28. The van der Waals surface area contributed by atoms with Crippen molar-refractivity contribution in [3.63, 3.8) is 0 Å². The molecule has 0 atom stereocenters. The van der Waals surface area contributed by atoms with Crippen molar-refractivity contribution >= 4 is 11.8 Å². The van der Waals surface area contributed by atoms with Gasteiger partial charge in [0.2, 0.25) is 5.91 Å². The van der Waals surface area contributed by atoms with Crippen molar-refractivity contribution < 1.29 is 14.3 Å². The van der Waals surface area contributed by atoms with E-state index in [1.54, 1.807) is 0 Å². The second kappa shape index (κ2) is 9.34. The minimum atomic E-state index is -0.424. The summed E-state index contributed by atoms with van der Waals surface area (Å²) in [5.41, 5.74) is 2.72. The van der Waals surface area contributed by atoms with Crippen LogP contribution in [0.5, 0.6) is 11.5 Å². The number of nitrogens with zero attached hydrogens (tertiary/aromatic N) is 2. The average Bonchev–Trinajstić information content (AvgIpc) is 2.99. The van der Waals surface area contributed by atoms with Crippen molar-refractivity contribution in [3.05, 3.63) is 95.6 Å². The van der Waals surface area contributed by atoms with Crippen molar-refractivity contribution in [2.75, 3.05) is 19.6 Å². The van der Waals surface area contributed by atoms with Gasteiger partial charge in [-0.1, -0.05) is 42.5 Å². The summed E-state index contributed by atoms with van der Waals surface area (Å²) >= 11 is 0. The number of para-hydroxylation sites is 1. The molecule has 0 radical (unpaired) electrons. The van der Waals surface area contributed by atoms with Crippen molar-refractivity contribution in [2.24, 2.45) is 5.41 Å². The third-order valence-electron chi connectivity index (χ3n) is 7.22. The molecule has 0 saturated carbocycles. The minimum absolute atomic E-state index is 0.00919. The molecule has 5 heteroatoms. The van der Waals surface area contributed by atoms with Crippen LogP contribution in [0.4, 0.5) is 0 Å². The van der Waals surface area contributed by atoms with Crippen LogP contribution in [-0.2, 0) is 17.8 Å². The van der Waals surface area contributed by atoms with Crippen molar-refractivity contribution in [2.45, 2.75) is 32.7 Å². The fourth-order valence-corrected chi connectivity index (χ4v) is 5.19. The molecule has 0 aromatic heterocycles. The SMILES string of the molecule is CCN1Cc2ccccc2CC2(CCN(C(=O)c3ccc(Oc4ccccc4)cc3)CC2)C1=O. The summed E-state index contributed by atoms with van der Waals surface area (Å²) < 4.78 is 5.84. The Bertz CT molecular complexity index is 1170. The lowest BCUT2D eigenvalue weighted by Gasteiger charge is -2.42. The van der Waals surface area contributed by atoms with Crippen LogP contribution in [0, 0.1) is 5.41 Å². The monoisotopic (exact) mass is 454 g/mol. The van der Waals surface area contributed by atoms with E-state index in [0.29, 0.717) is 50.3 Å². The molecule has 0 unspecified atom stereocenters. The Balaban J connectivity index is 1.28. The number of carbonyl (C=O) groups is 2. The molecule has 2 aliphatic rings. The summed E-state index contributed by atoms with van der Waals surface area (Å²) in [4.78, 5) is 30.6. The molecule has 0 aliphatic carbocycles. The molecule has 3 aromatic carbocycles. The van der Waals surface area contributed by atoms with Gasteiger partial charge in [-0.2, -0.15) is 0 Å². The Kier molecular flexibility index (Phi) is 6.10. The first-order valence-electron chi connectivity index (χ1n) is 12.1. The van der Waals surface area contributed by atoms with E-state index in [1.165, 1.54) is 11.1 Å². The lowest BCUT2D eigenvalue weighted by atomic mass is 9.72. The first-order valence-corrected chi connectivity index (χ1v) is 12.1. The zero-order chi connectivity index (χ0) is 23.5. The molecule has 5 nitrogen and oxygen atoms in total. The summed E-state index contributed by atoms with van der Waals surface area (Å²) in [7, 11) is 0. The predicted molar refractivity (Wildman–Crippen MR) is 132 cm³/mol. The third-order valence-corrected chi connectivity index (χ3v) is 7.22. The Morgan fingerprint density at radius 1 is 0.853 bits per heavy atom. The van der Waals surface area contributed by atoms with Gasteiger partial charge >= 0.3 is 0 Å². The van der Waals surface area contributed by atoms with E-state index in [2.05, 4.69) is 18.2 Å². The molecule has 0 N–H and O–H groups in total. The van der Waals surface area contributed by atoms with E-state index in [4.69, 9.17) is 4.74 Å². The van der Waals surface area contributed by atoms with Gasteiger partial charge in [0.1, 0.15) is 11.5 Å². The van der Waals surface area contributed by atoms with Crippen LogP contribution in [0.2, 0.25) is 0 Å². The van der Waals surface area contributed by atoms with Gasteiger partial charge in [0.05, 0.1) is 5.41 Å². The van der Waals surface area contributed by atoms with E-state index in [9.17, 15) is 9.59 Å². The number of piperidine rings is 1. The zero-order valence-corrected chi connectivity index (χ0v) is 19.6. The number of ether oxygens (including phenoxy) is 1. The Morgan fingerprint density at radius 2 is 1.47 bits per heavy atom. The van der Waals surface area contributed by atoms with Crippen LogP contribution >= 0.6 is 0 Å². The zero-order valence-electron chi connectivity index (χ0n) is 19.6. The summed E-state index contributed by atoms with van der Waals surface area (Å²) in [6, 6.07) is 25.3. The molecule has 174 valence electrons. The normalized spacial score (nSPS) is 17.3. The van der Waals surface area contributed by atoms with Crippen molar-refractivity contribution in [3.8, 4) is 11.5 Å². The van der Waals surface area contributed by atoms with Gasteiger partial charge in [-0.05, 0) is 73.7 Å². The standard InChI is InChI=1S/C29H30N2O3/c1-2-30-21-24-9-7-6-8-23(24)20-29(28(30)33)16-18-31(19-17-29)27(32)22-12-14-26(15-13-22)34-25-10-4-3-5-11-25/h3-15H,2,16-21H2,1H3. The Labute approximate surface area is 201 Å². The highest BCUT2D eigenvalue weighted by molar-refractivity contribution is 5.94. The van der Waals surface area contributed by atoms with Gasteiger partial charge in [0, 0.05) is 31.7 Å². The van der Waals surface area contributed by atoms with Crippen LogP contribution in [0.15, 0.2) is 78.9 Å². The maximum absolute atomic E-state index is 13.6. The number of likely N-dealkylation sites (tertiary alicyclic amines) is 1. The molecule has 1 spiro atoms. The number of hydrogen-bond donors (Lipinski definition) is 0. The summed E-state index contributed by atoms with van der Waals surface area (Å²) in [6.07, 6.45) is 2.14. The van der Waals surface area contributed by atoms with Crippen molar-refractivity contribution in [1.29, 1.82) is 0 Å². The van der Waals surface area contributed by atoms with Gasteiger partial charge in [0.15, 0.2) is 0 Å². The summed E-state index contributed by atoms with van der Waals surface area (Å²) in [5.74, 6) is 1.71. The number of amides is 2. The smallest absolute Gasteiger partial charge is 0.253 e. The van der Waals surface area contributed by atoms with Crippen LogP contribution in [-0.4, -0.2) is 41.2 Å². The summed E-state index contributed by atoms with van der Waals surface area (Å²) in [5, 5.41) is 0. The van der Waals surface area contributed by atoms with Crippen LogP contribution < -0.4 is 4.74 Å². The molecule has 5 rings (SSSR count). The fourth-order valence-electron chi connectivity index (χ4n) is 5.19. The maximum Gasteiger partial charge on any atom is 0.253 e. The van der Waals surface area contributed by atoms with Gasteiger partial charge in [-0.15, -0.1) is 0 Å². The van der Waals surface area contributed by atoms with E-state index in [1.807, 2.05) is 77.4 Å². The highest BCUT2D eigenvalue weighted by Crippen LogP contribution is 2.40. The molecule has 2 heterocycles. The van der Waals surface area contributed by atoms with Crippen LogP contribution in [0.1, 0.15) is 41.3 Å². The molecular weight excluding hydrogens is 424 g/mol. The topological polar surface area (TPSA) is 49.9 Å². The Morgan fingerprint density at radius 3 is 2.15 bits per heavy atom. The van der Waals surface area contributed by atoms with Crippen molar-refractivity contribution in [1.82, 2.24) is 9.80 Å². The van der Waals surface area contributed by atoms with Gasteiger partial charge < -0.3 is 14.5 Å². The lowest BCUT2D eigenvalue weighted by molar-refractivity contribution is -0.144. The van der Waals surface area contributed by atoms with E-state index in [0.717, 1.165) is 12.2 Å². The maximum atomic E-state index is 13.6. The molecule has 2 aliphatic heterocycles. The Hall–Kier alpha value is -3.60. The van der Waals surface area contributed by atoms with Gasteiger partial charge in [-0.25, -0.2) is 0 Å². The number of hydrogen-bond acceptors (Lipinski definition) is 3. The van der Waals surface area contributed by atoms with E-state index in [-0.39, 0.29) is 11.8 Å². The predicted octanol–water partition coefficient (Wildman–Crippen LogP) is 5.31. The van der Waals surface area contributed by atoms with E-state index < -0.39 is 5.41 Å². The highest BCUT2D eigenvalue weighted by Gasteiger charge is 2.46. The number of fused-ring (bicyclic) bond motifs is 1. The number of carbonyl (C=O) groups excluding carboxylic acids is 2. The minimum Gasteiger partial charge on any atom is -0.457 e. The lowest BCUT2D eigenvalue weighted by Crippen LogP contribution is -2.51. The molecule has 0 bridgehead atoms. The number of benzene rings is 3. The molecular formula is C29H30N2O3. The van der Waals surface area contributed by atoms with Crippen LogP contribution in [0.3, 0.4) is 0 Å². The highest BCUT2D eigenvalue weighted by atomic mass is 16.5. The molecule has 2 amide bonds. The van der Waals surface area contributed by atoms with Crippen LogP contribution in [0.25, 0.3) is 0 Å². The molecule has 1 fully saturated rings. The van der Waals surface area contributed by atoms with Gasteiger partial charge in [0.25, 0.3) is 5.91 Å². The quantitative estimate of drug-likeness (QED) is 0.537. The van der Waals surface area contributed by atoms with Gasteiger partial charge in [-0.3, -0.25) is 9.59 Å². The molecule has 3 aromatic rings. The largest absolute Gasteiger partial charge is 0.457 e. The number of rotatable bonds is 4. The van der Waals surface area contributed by atoms with E-state index >= 15 is 0 Å². The first-order chi connectivity index (χ1) is 16.6. The third kappa shape index (κ3) is 4.30. The first kappa shape index (κ1) is 22.2. The molecule has 34 heavy (non-hydrogen) atoms. The summed E-state index contributed by atoms with van der Waals surface area (Å²) in [6.45, 7) is 4.60. The average molecular weight is 455 g/mol. The second-order valence-electron chi connectivity index (χ2n) is 9.28.